The monoisotopic (exact) mass is 261 g/mol. The maximum Gasteiger partial charge on any atom is 0.217 e. The highest BCUT2D eigenvalue weighted by molar-refractivity contribution is 5.73. The van der Waals surface area contributed by atoms with Gasteiger partial charge in [0.1, 0.15) is 0 Å². The summed E-state index contributed by atoms with van der Waals surface area (Å²) in [7, 11) is 0. The third-order valence-electron chi connectivity index (χ3n) is 3.83. The van der Waals surface area contributed by atoms with E-state index in [1.807, 2.05) is 0 Å². The molecule has 0 spiro atoms. The average Bonchev–Trinajstić information content (AvgIpc) is 2.41. The fraction of sp³-hybridized carbons (Fsp3) is 0.533. The number of likely N-dealkylation sites (tertiary alicyclic amines) is 1. The number of primary amides is 1. The highest BCUT2D eigenvalue weighted by Crippen LogP contribution is 2.21. The van der Waals surface area contributed by atoms with Crippen molar-refractivity contribution in [1.29, 1.82) is 0 Å². The number of nitrogens with two attached hydrogens (primary N) is 2. The van der Waals surface area contributed by atoms with E-state index >= 15 is 0 Å². The maximum absolute atomic E-state index is 10.9. The van der Waals surface area contributed by atoms with Crippen molar-refractivity contribution in [3.8, 4) is 0 Å². The van der Waals surface area contributed by atoms with Crippen molar-refractivity contribution in [2.75, 3.05) is 13.1 Å². The molecule has 1 saturated heterocycles. The van der Waals surface area contributed by atoms with Crippen molar-refractivity contribution in [3.63, 3.8) is 0 Å². The van der Waals surface area contributed by atoms with Crippen molar-refractivity contribution in [2.45, 2.75) is 32.4 Å². The molecule has 1 aromatic carbocycles. The van der Waals surface area contributed by atoms with Crippen LogP contribution in [0, 0.1) is 5.92 Å². The number of benzene rings is 1. The van der Waals surface area contributed by atoms with Crippen LogP contribution in [-0.2, 0) is 17.9 Å². The summed E-state index contributed by atoms with van der Waals surface area (Å²) in [5.74, 6) is 0.304. The first-order valence-electron chi connectivity index (χ1n) is 6.96. The number of carbonyl (C=O) groups is 1. The molecular weight excluding hydrogens is 238 g/mol. The Morgan fingerprint density at radius 3 is 2.58 bits per heavy atom. The first-order valence-corrected chi connectivity index (χ1v) is 6.96. The lowest BCUT2D eigenvalue weighted by molar-refractivity contribution is -0.119. The molecule has 0 bridgehead atoms. The molecule has 1 aromatic rings. The fourth-order valence-corrected chi connectivity index (χ4v) is 2.75. The minimum atomic E-state index is -0.172. The number of piperidine rings is 1. The van der Waals surface area contributed by atoms with Crippen molar-refractivity contribution in [2.24, 2.45) is 17.4 Å². The largest absolute Gasteiger partial charge is 0.370 e. The number of rotatable bonds is 5. The molecule has 1 aliphatic rings. The second-order valence-corrected chi connectivity index (χ2v) is 5.41. The van der Waals surface area contributed by atoms with E-state index in [1.54, 1.807) is 0 Å². The number of hydrogen-bond acceptors (Lipinski definition) is 3. The average molecular weight is 261 g/mol. The number of nitrogens with zero attached hydrogens (tertiary/aromatic N) is 1. The Balaban J connectivity index is 1.83. The highest BCUT2D eigenvalue weighted by atomic mass is 16.1. The van der Waals surface area contributed by atoms with E-state index in [0.29, 0.717) is 18.9 Å². The SMILES string of the molecule is NCc1cccc(CN2CCC(CC(N)=O)CC2)c1. The van der Waals surface area contributed by atoms with Crippen LogP contribution in [0.4, 0.5) is 0 Å². The number of amides is 1. The Morgan fingerprint density at radius 1 is 1.26 bits per heavy atom. The van der Waals surface area contributed by atoms with Gasteiger partial charge in [-0.1, -0.05) is 24.3 Å². The predicted octanol–water partition coefficient (Wildman–Crippen LogP) is 1.23. The summed E-state index contributed by atoms with van der Waals surface area (Å²) < 4.78 is 0. The molecule has 1 fully saturated rings. The molecule has 4 heteroatoms. The van der Waals surface area contributed by atoms with Crippen LogP contribution in [0.3, 0.4) is 0 Å². The van der Waals surface area contributed by atoms with E-state index in [0.717, 1.165) is 32.5 Å². The quantitative estimate of drug-likeness (QED) is 0.837. The van der Waals surface area contributed by atoms with E-state index < -0.39 is 0 Å². The molecule has 0 unspecified atom stereocenters. The zero-order chi connectivity index (χ0) is 13.7. The summed E-state index contributed by atoms with van der Waals surface area (Å²) >= 11 is 0. The third kappa shape index (κ3) is 4.33. The van der Waals surface area contributed by atoms with E-state index in [-0.39, 0.29) is 5.91 Å². The summed E-state index contributed by atoms with van der Waals surface area (Å²) in [6.45, 7) is 3.65. The second kappa shape index (κ2) is 6.68. The van der Waals surface area contributed by atoms with Gasteiger partial charge in [0.15, 0.2) is 0 Å². The minimum Gasteiger partial charge on any atom is -0.370 e. The zero-order valence-corrected chi connectivity index (χ0v) is 11.3. The number of carbonyl (C=O) groups excluding carboxylic acids is 1. The molecule has 0 aliphatic carbocycles. The summed E-state index contributed by atoms with van der Waals surface area (Å²) in [6, 6.07) is 8.45. The standard InChI is InChI=1S/C15H23N3O/c16-10-13-2-1-3-14(8-13)11-18-6-4-12(5-7-18)9-15(17)19/h1-3,8,12H,4-7,9-11,16H2,(H2,17,19). The van der Waals surface area contributed by atoms with Crippen LogP contribution < -0.4 is 11.5 Å². The van der Waals surface area contributed by atoms with Crippen LogP contribution in [0.5, 0.6) is 0 Å². The smallest absolute Gasteiger partial charge is 0.217 e. The zero-order valence-electron chi connectivity index (χ0n) is 11.3. The molecule has 4 nitrogen and oxygen atoms in total. The van der Waals surface area contributed by atoms with Gasteiger partial charge in [0, 0.05) is 19.5 Å². The lowest BCUT2D eigenvalue weighted by Crippen LogP contribution is -2.34. The van der Waals surface area contributed by atoms with Crippen molar-refractivity contribution in [3.05, 3.63) is 35.4 Å². The lowest BCUT2D eigenvalue weighted by Gasteiger charge is -2.31. The molecule has 2 rings (SSSR count). The van der Waals surface area contributed by atoms with Crippen LogP contribution in [0.1, 0.15) is 30.4 Å². The highest BCUT2D eigenvalue weighted by Gasteiger charge is 2.20. The Bertz CT molecular complexity index is 425. The van der Waals surface area contributed by atoms with Gasteiger partial charge in [0.05, 0.1) is 0 Å². The molecule has 0 atom stereocenters. The lowest BCUT2D eigenvalue weighted by atomic mass is 9.93. The Hall–Kier alpha value is -1.39. The van der Waals surface area contributed by atoms with Gasteiger partial charge in [0.2, 0.25) is 5.91 Å². The van der Waals surface area contributed by atoms with E-state index in [1.165, 1.54) is 11.1 Å². The third-order valence-corrected chi connectivity index (χ3v) is 3.83. The normalized spacial score (nSPS) is 17.5. The van der Waals surface area contributed by atoms with E-state index in [2.05, 4.69) is 29.2 Å². The Labute approximate surface area is 114 Å². The molecule has 1 heterocycles. The second-order valence-electron chi connectivity index (χ2n) is 5.41. The first-order chi connectivity index (χ1) is 9.17. The molecular formula is C15H23N3O. The van der Waals surface area contributed by atoms with Crippen LogP contribution in [0.2, 0.25) is 0 Å². The van der Waals surface area contributed by atoms with Crippen LogP contribution >= 0.6 is 0 Å². The van der Waals surface area contributed by atoms with Gasteiger partial charge in [-0.05, 0) is 43.0 Å². The van der Waals surface area contributed by atoms with Gasteiger partial charge in [-0.3, -0.25) is 9.69 Å². The summed E-state index contributed by atoms with van der Waals surface area (Å²) in [4.78, 5) is 13.3. The fourth-order valence-electron chi connectivity index (χ4n) is 2.75. The summed E-state index contributed by atoms with van der Waals surface area (Å²) in [5, 5.41) is 0. The van der Waals surface area contributed by atoms with Crippen molar-refractivity contribution < 1.29 is 4.79 Å². The minimum absolute atomic E-state index is 0.172. The van der Waals surface area contributed by atoms with E-state index in [9.17, 15) is 4.79 Å². The van der Waals surface area contributed by atoms with Gasteiger partial charge in [-0.2, -0.15) is 0 Å². The van der Waals surface area contributed by atoms with Crippen LogP contribution in [0.25, 0.3) is 0 Å². The van der Waals surface area contributed by atoms with E-state index in [4.69, 9.17) is 11.5 Å². The molecule has 19 heavy (non-hydrogen) atoms. The van der Waals surface area contributed by atoms with Crippen LogP contribution in [-0.4, -0.2) is 23.9 Å². The summed E-state index contributed by atoms with van der Waals surface area (Å²) in [6.07, 6.45) is 2.68. The molecule has 0 aromatic heterocycles. The Morgan fingerprint density at radius 2 is 1.95 bits per heavy atom. The van der Waals surface area contributed by atoms with Gasteiger partial charge >= 0.3 is 0 Å². The molecule has 1 amide bonds. The maximum atomic E-state index is 10.9. The molecule has 104 valence electrons. The van der Waals surface area contributed by atoms with Gasteiger partial charge in [-0.15, -0.1) is 0 Å². The molecule has 1 aliphatic heterocycles. The van der Waals surface area contributed by atoms with Crippen LogP contribution in [0.15, 0.2) is 24.3 Å². The first kappa shape index (κ1) is 14.0. The topological polar surface area (TPSA) is 72.3 Å². The Kier molecular flexibility index (Phi) is 4.93. The van der Waals surface area contributed by atoms with Gasteiger partial charge in [-0.25, -0.2) is 0 Å². The van der Waals surface area contributed by atoms with Gasteiger partial charge < -0.3 is 11.5 Å². The van der Waals surface area contributed by atoms with Gasteiger partial charge in [0.25, 0.3) is 0 Å². The molecule has 0 saturated carbocycles. The summed E-state index contributed by atoms with van der Waals surface area (Å²) in [5.41, 5.74) is 13.4. The molecule has 4 N–H and O–H groups in total. The van der Waals surface area contributed by atoms with Crippen molar-refractivity contribution >= 4 is 5.91 Å². The van der Waals surface area contributed by atoms with Crippen molar-refractivity contribution in [1.82, 2.24) is 4.90 Å². The predicted molar refractivity (Wildman–Crippen MR) is 76.1 cm³/mol. The number of hydrogen-bond donors (Lipinski definition) is 2. The molecule has 0 radical (unpaired) electrons.